The second-order valence-electron chi connectivity index (χ2n) is 16.0. The Hall–Kier alpha value is -6.22. The number of hydrogen-bond donors (Lipinski definition) is 0. The van der Waals surface area contributed by atoms with Crippen molar-refractivity contribution in [2.24, 2.45) is 0 Å². The Labute approximate surface area is 324 Å². The molecule has 2 heterocycles. The molecule has 1 nitrogen and oxygen atoms in total. The topological polar surface area (TPSA) is 13.1 Å². The van der Waals surface area contributed by atoms with Crippen LogP contribution in [-0.4, -0.2) is 0 Å². The molecule has 1 atom stereocenters. The van der Waals surface area contributed by atoms with Gasteiger partial charge in [0.15, 0.2) is 0 Å². The van der Waals surface area contributed by atoms with Crippen LogP contribution in [0.15, 0.2) is 168 Å². The van der Waals surface area contributed by atoms with E-state index in [4.69, 9.17) is 4.42 Å². The largest absolute Gasteiger partial charge is 0.455 e. The highest BCUT2D eigenvalue weighted by molar-refractivity contribution is 7.26. The number of para-hydroxylation sites is 2. The molecule has 2 aromatic heterocycles. The van der Waals surface area contributed by atoms with E-state index in [1.165, 1.54) is 86.9 Å². The van der Waals surface area contributed by atoms with E-state index >= 15 is 0 Å². The lowest BCUT2D eigenvalue weighted by molar-refractivity contribution is 0.660. The van der Waals surface area contributed by atoms with Crippen LogP contribution in [-0.2, 0) is 11.8 Å². The van der Waals surface area contributed by atoms with Crippen LogP contribution in [0.1, 0.15) is 47.6 Å². The van der Waals surface area contributed by atoms with Crippen LogP contribution in [0.5, 0.6) is 0 Å². The molecule has 55 heavy (non-hydrogen) atoms. The van der Waals surface area contributed by atoms with Crippen molar-refractivity contribution < 1.29 is 4.42 Å². The highest BCUT2D eigenvalue weighted by Crippen LogP contribution is 2.51. The van der Waals surface area contributed by atoms with Crippen molar-refractivity contribution in [1.82, 2.24) is 0 Å². The molecule has 1 unspecified atom stereocenters. The number of hydrogen-bond acceptors (Lipinski definition) is 2. The maximum absolute atomic E-state index is 6.45. The third-order valence-electron chi connectivity index (χ3n) is 12.7. The third-order valence-corrected chi connectivity index (χ3v) is 13.9. The Kier molecular flexibility index (Phi) is 6.46. The van der Waals surface area contributed by atoms with Gasteiger partial charge in [-0.2, -0.15) is 0 Å². The fourth-order valence-corrected chi connectivity index (χ4v) is 11.2. The maximum atomic E-state index is 6.45. The molecule has 2 aliphatic rings. The summed E-state index contributed by atoms with van der Waals surface area (Å²) in [6.07, 6.45) is 0.978. The number of fused-ring (bicyclic) bond motifs is 12. The van der Waals surface area contributed by atoms with Crippen LogP contribution in [0, 0.1) is 0 Å². The lowest BCUT2D eigenvalue weighted by Crippen LogP contribution is -2.15. The van der Waals surface area contributed by atoms with Crippen LogP contribution in [0.2, 0.25) is 0 Å². The molecule has 0 amide bonds. The fourth-order valence-electron chi connectivity index (χ4n) is 9.96. The minimum Gasteiger partial charge on any atom is -0.455 e. The zero-order valence-corrected chi connectivity index (χ0v) is 31.5. The third kappa shape index (κ3) is 4.46. The molecule has 10 aromatic rings. The van der Waals surface area contributed by atoms with E-state index in [0.717, 1.165) is 33.9 Å². The summed E-state index contributed by atoms with van der Waals surface area (Å²) in [5.74, 6) is 0.273. The molecule has 2 aliphatic carbocycles. The molecule has 8 aromatic carbocycles. The minimum atomic E-state index is -0.0201. The first kappa shape index (κ1) is 31.2. The van der Waals surface area contributed by atoms with Gasteiger partial charge in [-0.25, -0.2) is 0 Å². The van der Waals surface area contributed by atoms with Gasteiger partial charge in [-0.1, -0.05) is 147 Å². The average Bonchev–Trinajstić information content (AvgIpc) is 3.88. The summed E-state index contributed by atoms with van der Waals surface area (Å²) >= 11 is 1.93. The van der Waals surface area contributed by atoms with Crippen molar-refractivity contribution in [3.8, 4) is 44.5 Å². The predicted octanol–water partition coefficient (Wildman–Crippen LogP) is 14.9. The quantitative estimate of drug-likeness (QED) is 0.177. The van der Waals surface area contributed by atoms with Crippen molar-refractivity contribution >= 4 is 53.4 Å². The number of rotatable bonds is 3. The number of thiophene rings is 1. The first-order valence-electron chi connectivity index (χ1n) is 19.3. The summed E-state index contributed by atoms with van der Waals surface area (Å²) < 4.78 is 9.16. The number of furan rings is 1. The second kappa shape index (κ2) is 11.4. The zero-order chi connectivity index (χ0) is 36.4. The van der Waals surface area contributed by atoms with Crippen LogP contribution in [0.4, 0.5) is 0 Å². The first-order chi connectivity index (χ1) is 27.0. The Morgan fingerprint density at radius 2 is 1.18 bits per heavy atom. The molecule has 0 saturated carbocycles. The zero-order valence-electron chi connectivity index (χ0n) is 30.7. The van der Waals surface area contributed by atoms with Crippen molar-refractivity contribution in [3.05, 3.63) is 192 Å². The molecule has 12 rings (SSSR count). The first-order valence-corrected chi connectivity index (χ1v) is 20.2. The summed E-state index contributed by atoms with van der Waals surface area (Å²) in [4.78, 5) is 0. The smallest absolute Gasteiger partial charge is 0.143 e. The van der Waals surface area contributed by atoms with Gasteiger partial charge in [-0.15, -0.1) is 11.3 Å². The lowest BCUT2D eigenvalue weighted by Gasteiger charge is -2.29. The van der Waals surface area contributed by atoms with E-state index in [2.05, 4.69) is 172 Å². The van der Waals surface area contributed by atoms with Crippen molar-refractivity contribution in [1.29, 1.82) is 0 Å². The Morgan fingerprint density at radius 1 is 0.491 bits per heavy atom. The van der Waals surface area contributed by atoms with Crippen LogP contribution < -0.4 is 0 Å². The van der Waals surface area contributed by atoms with E-state index in [0.29, 0.717) is 0 Å². The van der Waals surface area contributed by atoms with E-state index in [1.807, 2.05) is 17.4 Å². The van der Waals surface area contributed by atoms with Gasteiger partial charge in [0.1, 0.15) is 11.2 Å². The van der Waals surface area contributed by atoms with E-state index in [-0.39, 0.29) is 11.3 Å². The van der Waals surface area contributed by atoms with Gasteiger partial charge in [-0.05, 0) is 104 Å². The molecular formula is C53H36OS. The summed E-state index contributed by atoms with van der Waals surface area (Å²) in [5.41, 5.74) is 19.3. The monoisotopic (exact) mass is 720 g/mol. The van der Waals surface area contributed by atoms with Gasteiger partial charge in [0.2, 0.25) is 0 Å². The molecule has 2 heteroatoms. The SMILES string of the molecule is CC1(C)c2ccccc2-c2ccc(-c3ccc4c(c3)-c3ccccc3C(c3cccc5c3sc3ccc(-c6cccc7c6oc6ccccc67)cc35)C4)cc21. The van der Waals surface area contributed by atoms with E-state index in [9.17, 15) is 0 Å². The summed E-state index contributed by atoms with van der Waals surface area (Å²) in [6, 6.07) is 61.1. The van der Waals surface area contributed by atoms with Crippen molar-refractivity contribution in [2.75, 3.05) is 0 Å². The second-order valence-corrected chi connectivity index (χ2v) is 17.0. The standard InChI is InChI=1S/C53H36OS/c1-53(2)47-19-7-5-13-38(47)39-25-23-32(30-48(39)53)31-21-22-34-28-45(37-12-4-3-11-36(37)44(34)27-31)42-17-10-18-43-46-29-33(24-26-50(46)55-52(42)43)35-15-9-16-41-40-14-6-8-20-49(40)54-51(35)41/h3-27,29-30,45H,28H2,1-2H3. The normalized spacial score (nSPS) is 15.3. The van der Waals surface area contributed by atoms with Gasteiger partial charge in [-0.3, -0.25) is 0 Å². The minimum absolute atomic E-state index is 0.0201. The van der Waals surface area contributed by atoms with Gasteiger partial charge in [0.25, 0.3) is 0 Å². The highest BCUT2D eigenvalue weighted by atomic mass is 32.1. The molecular weight excluding hydrogens is 685 g/mol. The summed E-state index contributed by atoms with van der Waals surface area (Å²) in [6.45, 7) is 4.73. The highest BCUT2D eigenvalue weighted by Gasteiger charge is 2.35. The molecule has 0 bridgehead atoms. The Balaban J connectivity index is 0.945. The molecule has 260 valence electrons. The predicted molar refractivity (Wildman–Crippen MR) is 232 cm³/mol. The molecule has 0 N–H and O–H groups in total. The summed E-state index contributed by atoms with van der Waals surface area (Å²) in [5, 5.41) is 4.96. The Morgan fingerprint density at radius 3 is 2.13 bits per heavy atom. The van der Waals surface area contributed by atoms with Gasteiger partial charge in [0.05, 0.1) is 0 Å². The van der Waals surface area contributed by atoms with Crippen LogP contribution in [0.3, 0.4) is 0 Å². The molecule has 0 aliphatic heterocycles. The molecule has 0 radical (unpaired) electrons. The average molecular weight is 721 g/mol. The summed E-state index contributed by atoms with van der Waals surface area (Å²) in [7, 11) is 0. The molecule has 0 spiro atoms. The van der Waals surface area contributed by atoms with Crippen LogP contribution >= 0.6 is 11.3 Å². The van der Waals surface area contributed by atoms with Crippen molar-refractivity contribution in [3.63, 3.8) is 0 Å². The Bertz CT molecular complexity index is 3220. The van der Waals surface area contributed by atoms with Crippen LogP contribution in [0.25, 0.3) is 86.6 Å². The van der Waals surface area contributed by atoms with Gasteiger partial charge >= 0.3 is 0 Å². The number of benzene rings is 8. The molecule has 0 fully saturated rings. The van der Waals surface area contributed by atoms with E-state index in [1.54, 1.807) is 0 Å². The van der Waals surface area contributed by atoms with Gasteiger partial charge < -0.3 is 4.42 Å². The molecule has 0 saturated heterocycles. The lowest BCUT2D eigenvalue weighted by atomic mass is 9.75. The fraction of sp³-hybridized carbons (Fsp3) is 0.0943. The maximum Gasteiger partial charge on any atom is 0.143 e. The van der Waals surface area contributed by atoms with E-state index < -0.39 is 0 Å². The van der Waals surface area contributed by atoms with Crippen molar-refractivity contribution in [2.45, 2.75) is 31.6 Å². The van der Waals surface area contributed by atoms with Gasteiger partial charge in [0, 0.05) is 47.8 Å².